The van der Waals surface area contributed by atoms with Gasteiger partial charge in [0.05, 0.1) is 11.0 Å². The molecule has 7 heteroatoms. The summed E-state index contributed by atoms with van der Waals surface area (Å²) in [5.41, 5.74) is 0.317. The number of nitriles is 1. The maximum Gasteiger partial charge on any atom is 0.252 e. The number of benzene rings is 1. The number of carbonyl (C=O) groups is 1. The summed E-state index contributed by atoms with van der Waals surface area (Å²) < 4.78 is 26.4. The zero-order valence-electron chi connectivity index (χ0n) is 11.0. The van der Waals surface area contributed by atoms with Gasteiger partial charge in [-0.05, 0) is 44.0 Å². The highest BCUT2D eigenvalue weighted by molar-refractivity contribution is 7.89. The Labute approximate surface area is 117 Å². The van der Waals surface area contributed by atoms with Crippen LogP contribution in [-0.2, 0) is 10.0 Å². The first-order valence-corrected chi connectivity index (χ1v) is 7.73. The zero-order valence-corrected chi connectivity index (χ0v) is 11.8. The van der Waals surface area contributed by atoms with E-state index in [-0.39, 0.29) is 10.9 Å². The summed E-state index contributed by atoms with van der Waals surface area (Å²) in [5.74, 6) is -0.404. The third-order valence-corrected chi connectivity index (χ3v) is 4.40. The van der Waals surface area contributed by atoms with E-state index in [0.717, 1.165) is 12.8 Å². The van der Waals surface area contributed by atoms with Crippen LogP contribution in [-0.4, -0.2) is 26.4 Å². The topological polar surface area (TPSA) is 99.1 Å². The van der Waals surface area contributed by atoms with Gasteiger partial charge in [0, 0.05) is 11.6 Å². The Balaban J connectivity index is 2.09. The van der Waals surface area contributed by atoms with Gasteiger partial charge in [-0.1, -0.05) is 0 Å². The lowest BCUT2D eigenvalue weighted by Crippen LogP contribution is -2.31. The molecule has 1 amide bonds. The third-order valence-electron chi connectivity index (χ3n) is 2.87. The van der Waals surface area contributed by atoms with Crippen LogP contribution >= 0.6 is 0 Å². The van der Waals surface area contributed by atoms with E-state index >= 15 is 0 Å². The van der Waals surface area contributed by atoms with Gasteiger partial charge < -0.3 is 5.32 Å². The van der Waals surface area contributed by atoms with Crippen LogP contribution in [0.25, 0.3) is 0 Å². The SMILES string of the molecule is C[C@@H](C#N)NC(=O)c1ccc(S(=O)(=O)NC2CC2)cc1. The highest BCUT2D eigenvalue weighted by Gasteiger charge is 2.27. The van der Waals surface area contributed by atoms with Crippen LogP contribution in [0.5, 0.6) is 0 Å². The molecule has 2 N–H and O–H groups in total. The van der Waals surface area contributed by atoms with Crippen molar-refractivity contribution >= 4 is 15.9 Å². The molecule has 0 radical (unpaired) electrons. The minimum atomic E-state index is -3.50. The second-order valence-electron chi connectivity index (χ2n) is 4.74. The van der Waals surface area contributed by atoms with Crippen LogP contribution in [0.15, 0.2) is 29.2 Å². The van der Waals surface area contributed by atoms with Gasteiger partial charge >= 0.3 is 0 Å². The van der Waals surface area contributed by atoms with E-state index in [9.17, 15) is 13.2 Å². The molecule has 2 rings (SSSR count). The van der Waals surface area contributed by atoms with Gasteiger partial charge in [-0.3, -0.25) is 4.79 Å². The molecule has 106 valence electrons. The van der Waals surface area contributed by atoms with E-state index in [0.29, 0.717) is 5.56 Å². The van der Waals surface area contributed by atoms with E-state index in [2.05, 4.69) is 10.0 Å². The van der Waals surface area contributed by atoms with Crippen molar-refractivity contribution < 1.29 is 13.2 Å². The first-order valence-electron chi connectivity index (χ1n) is 6.25. The molecule has 1 aromatic rings. The van der Waals surface area contributed by atoms with Crippen LogP contribution in [0.4, 0.5) is 0 Å². The summed E-state index contributed by atoms with van der Waals surface area (Å²) >= 11 is 0. The Morgan fingerprint density at radius 3 is 2.45 bits per heavy atom. The molecule has 20 heavy (non-hydrogen) atoms. The van der Waals surface area contributed by atoms with Crippen molar-refractivity contribution in [2.75, 3.05) is 0 Å². The summed E-state index contributed by atoms with van der Waals surface area (Å²) in [4.78, 5) is 11.9. The zero-order chi connectivity index (χ0) is 14.8. The quantitative estimate of drug-likeness (QED) is 0.837. The molecule has 0 spiro atoms. The van der Waals surface area contributed by atoms with E-state index in [1.54, 1.807) is 6.92 Å². The number of nitrogens with one attached hydrogen (secondary N) is 2. The average molecular weight is 293 g/mol. The van der Waals surface area contributed by atoms with Crippen LogP contribution in [0, 0.1) is 11.3 Å². The lowest BCUT2D eigenvalue weighted by Gasteiger charge is -2.08. The Morgan fingerprint density at radius 2 is 1.95 bits per heavy atom. The summed E-state index contributed by atoms with van der Waals surface area (Å²) in [6.07, 6.45) is 1.73. The summed E-state index contributed by atoms with van der Waals surface area (Å²) in [7, 11) is -3.50. The fourth-order valence-corrected chi connectivity index (χ4v) is 2.89. The van der Waals surface area contributed by atoms with Gasteiger partial charge in [0.2, 0.25) is 10.0 Å². The largest absolute Gasteiger partial charge is 0.337 e. The van der Waals surface area contributed by atoms with Crippen molar-refractivity contribution in [1.82, 2.24) is 10.0 Å². The standard InChI is InChI=1S/C13H15N3O3S/c1-9(8-14)15-13(17)10-2-6-12(7-3-10)20(18,19)16-11-4-5-11/h2-3,6-7,9,11,16H,4-5H2,1H3,(H,15,17)/t9-/m0/s1. The molecule has 0 unspecified atom stereocenters. The lowest BCUT2D eigenvalue weighted by atomic mass is 10.2. The smallest absolute Gasteiger partial charge is 0.252 e. The van der Waals surface area contributed by atoms with Gasteiger partial charge in [-0.15, -0.1) is 0 Å². The number of amides is 1. The molecule has 1 fully saturated rings. The number of carbonyl (C=O) groups excluding carboxylic acids is 1. The van der Waals surface area contributed by atoms with Crippen LogP contribution < -0.4 is 10.0 Å². The Bertz CT molecular complexity index is 642. The molecule has 1 aliphatic rings. The lowest BCUT2D eigenvalue weighted by molar-refractivity contribution is 0.0947. The number of sulfonamides is 1. The average Bonchev–Trinajstić information content (AvgIpc) is 3.22. The minimum absolute atomic E-state index is 0.0412. The number of nitrogens with zero attached hydrogens (tertiary/aromatic N) is 1. The monoisotopic (exact) mass is 293 g/mol. The maximum absolute atomic E-state index is 11.9. The molecule has 6 nitrogen and oxygen atoms in total. The van der Waals surface area contributed by atoms with Gasteiger partial charge in [0.1, 0.15) is 6.04 Å². The molecule has 1 atom stereocenters. The molecule has 1 aliphatic carbocycles. The Hall–Kier alpha value is -1.91. The van der Waals surface area contributed by atoms with Crippen molar-refractivity contribution in [1.29, 1.82) is 5.26 Å². The van der Waals surface area contributed by atoms with Crippen molar-refractivity contribution in [2.24, 2.45) is 0 Å². The number of hydrogen-bond acceptors (Lipinski definition) is 4. The fraction of sp³-hybridized carbons (Fsp3) is 0.385. The van der Waals surface area contributed by atoms with Crippen LogP contribution in [0.1, 0.15) is 30.1 Å². The van der Waals surface area contributed by atoms with Crippen molar-refractivity contribution in [3.63, 3.8) is 0 Å². The van der Waals surface area contributed by atoms with Gasteiger partial charge in [0.25, 0.3) is 5.91 Å². The Morgan fingerprint density at radius 1 is 1.35 bits per heavy atom. The minimum Gasteiger partial charge on any atom is -0.337 e. The number of hydrogen-bond donors (Lipinski definition) is 2. The van der Waals surface area contributed by atoms with Crippen molar-refractivity contribution in [3.8, 4) is 6.07 Å². The molecule has 1 aromatic carbocycles. The number of rotatable bonds is 5. The summed E-state index contributed by atoms with van der Waals surface area (Å²) in [5, 5.41) is 11.1. The Kier molecular flexibility index (Phi) is 4.06. The molecule has 1 saturated carbocycles. The van der Waals surface area contributed by atoms with E-state index < -0.39 is 22.0 Å². The normalized spacial score (nSPS) is 16.2. The molecule has 0 aromatic heterocycles. The fourth-order valence-electron chi connectivity index (χ4n) is 1.59. The second kappa shape index (κ2) is 5.61. The highest BCUT2D eigenvalue weighted by Crippen LogP contribution is 2.22. The molecule has 0 saturated heterocycles. The molecular formula is C13H15N3O3S. The van der Waals surface area contributed by atoms with E-state index in [1.807, 2.05) is 6.07 Å². The van der Waals surface area contributed by atoms with Crippen LogP contribution in [0.3, 0.4) is 0 Å². The molecular weight excluding hydrogens is 278 g/mol. The van der Waals surface area contributed by atoms with E-state index in [1.165, 1.54) is 24.3 Å². The van der Waals surface area contributed by atoms with E-state index in [4.69, 9.17) is 5.26 Å². The van der Waals surface area contributed by atoms with Gasteiger partial charge in [0.15, 0.2) is 0 Å². The third kappa shape index (κ3) is 3.56. The molecule has 0 bridgehead atoms. The second-order valence-corrected chi connectivity index (χ2v) is 6.46. The van der Waals surface area contributed by atoms with Gasteiger partial charge in [-0.25, -0.2) is 13.1 Å². The maximum atomic E-state index is 11.9. The van der Waals surface area contributed by atoms with Crippen molar-refractivity contribution in [2.45, 2.75) is 36.7 Å². The van der Waals surface area contributed by atoms with Crippen molar-refractivity contribution in [3.05, 3.63) is 29.8 Å². The highest BCUT2D eigenvalue weighted by atomic mass is 32.2. The summed E-state index contributed by atoms with van der Waals surface area (Å²) in [6, 6.07) is 6.97. The van der Waals surface area contributed by atoms with Crippen LogP contribution in [0.2, 0.25) is 0 Å². The predicted octanol–water partition coefficient (Wildman–Crippen LogP) is 0.769. The molecule has 0 aliphatic heterocycles. The summed E-state index contributed by atoms with van der Waals surface area (Å²) in [6.45, 7) is 1.57. The predicted molar refractivity (Wildman–Crippen MR) is 72.3 cm³/mol. The first kappa shape index (κ1) is 14.5. The molecule has 0 heterocycles. The van der Waals surface area contributed by atoms with Gasteiger partial charge in [-0.2, -0.15) is 5.26 Å². The first-order chi connectivity index (χ1) is 9.42.